The van der Waals surface area contributed by atoms with E-state index >= 15 is 0 Å². The van der Waals surface area contributed by atoms with Crippen molar-refractivity contribution in [1.82, 2.24) is 0 Å². The van der Waals surface area contributed by atoms with E-state index in [2.05, 4.69) is 6.92 Å². The first-order valence-corrected chi connectivity index (χ1v) is 9.17. The Morgan fingerprint density at radius 2 is 1.52 bits per heavy atom. The van der Waals surface area contributed by atoms with Gasteiger partial charge in [0.1, 0.15) is 0 Å². The van der Waals surface area contributed by atoms with Crippen molar-refractivity contribution in [3.63, 3.8) is 0 Å². The average molecular weight is 382 g/mol. The van der Waals surface area contributed by atoms with Gasteiger partial charge in [0, 0.05) is 19.8 Å². The van der Waals surface area contributed by atoms with Gasteiger partial charge in [0.25, 0.3) is 0 Å². The number of carbonyl (C=O) groups is 2. The summed E-state index contributed by atoms with van der Waals surface area (Å²) in [5.41, 5.74) is -2.56. The minimum absolute atomic E-state index is 0.0385. The number of methoxy groups -OCH3 is 2. The lowest BCUT2D eigenvalue weighted by Gasteiger charge is -2.41. The molecule has 1 unspecified atom stereocenters. The van der Waals surface area contributed by atoms with Gasteiger partial charge in [0.15, 0.2) is 0 Å². The first kappa shape index (κ1) is 23.1. The molecule has 27 heavy (non-hydrogen) atoms. The molecule has 1 N–H and O–H groups in total. The quantitative estimate of drug-likeness (QED) is 0.257. The maximum Gasteiger partial charge on any atom is 0.356 e. The molecule has 0 bridgehead atoms. The van der Waals surface area contributed by atoms with Crippen LogP contribution < -0.4 is 0 Å². The Morgan fingerprint density at radius 1 is 0.926 bits per heavy atom. The molecule has 1 aromatic rings. The molecule has 0 aromatic heterocycles. The Kier molecular flexibility index (Phi) is 9.41. The van der Waals surface area contributed by atoms with Gasteiger partial charge >= 0.3 is 17.5 Å². The standard InChI is InChI=1S/C20H30O7/c1-5-7-8-12-15-27-18(22)19(23,17(21)26-6-2)20(24-3,25-4)16-13-10-9-11-14-16/h9-11,13-14,23H,5-8,12,15H2,1-4H3. The van der Waals surface area contributed by atoms with Crippen molar-refractivity contribution >= 4 is 11.9 Å². The van der Waals surface area contributed by atoms with Gasteiger partial charge in [0.05, 0.1) is 13.2 Å². The first-order chi connectivity index (χ1) is 12.9. The maximum absolute atomic E-state index is 12.8. The minimum atomic E-state index is -2.83. The molecule has 1 atom stereocenters. The summed E-state index contributed by atoms with van der Waals surface area (Å²) < 4.78 is 21.0. The van der Waals surface area contributed by atoms with Crippen molar-refractivity contribution < 1.29 is 33.6 Å². The number of benzene rings is 1. The van der Waals surface area contributed by atoms with Gasteiger partial charge in [-0.1, -0.05) is 56.5 Å². The molecule has 0 amide bonds. The number of aliphatic hydroxyl groups is 1. The summed E-state index contributed by atoms with van der Waals surface area (Å²) in [6.07, 6.45) is 3.53. The summed E-state index contributed by atoms with van der Waals surface area (Å²) in [5, 5.41) is 11.2. The largest absolute Gasteiger partial charge is 0.463 e. The Labute approximate surface area is 160 Å². The highest BCUT2D eigenvalue weighted by atomic mass is 16.7. The van der Waals surface area contributed by atoms with E-state index in [1.165, 1.54) is 14.2 Å². The van der Waals surface area contributed by atoms with Crippen LogP contribution in [0, 0.1) is 0 Å². The van der Waals surface area contributed by atoms with Crippen LogP contribution in [0.5, 0.6) is 0 Å². The van der Waals surface area contributed by atoms with E-state index < -0.39 is 23.3 Å². The molecular formula is C20H30O7. The fourth-order valence-electron chi connectivity index (χ4n) is 2.87. The van der Waals surface area contributed by atoms with Crippen LogP contribution in [0.2, 0.25) is 0 Å². The molecule has 0 fully saturated rings. The molecule has 152 valence electrons. The van der Waals surface area contributed by atoms with Gasteiger partial charge in [0.2, 0.25) is 5.79 Å². The number of unbranched alkanes of at least 4 members (excludes halogenated alkanes) is 3. The third-order valence-electron chi connectivity index (χ3n) is 4.30. The van der Waals surface area contributed by atoms with Crippen molar-refractivity contribution in [2.45, 2.75) is 50.9 Å². The Bertz CT molecular complexity index is 583. The van der Waals surface area contributed by atoms with Crippen LogP contribution in [0.1, 0.15) is 45.1 Å². The number of ether oxygens (including phenoxy) is 4. The van der Waals surface area contributed by atoms with Gasteiger partial charge < -0.3 is 24.1 Å². The number of carbonyl (C=O) groups excluding carboxylic acids is 2. The zero-order chi connectivity index (χ0) is 20.3. The van der Waals surface area contributed by atoms with Crippen LogP contribution in [0.15, 0.2) is 30.3 Å². The highest BCUT2D eigenvalue weighted by molar-refractivity contribution is 6.05. The lowest BCUT2D eigenvalue weighted by atomic mass is 9.86. The molecule has 0 aliphatic carbocycles. The third kappa shape index (κ3) is 4.86. The van der Waals surface area contributed by atoms with Gasteiger partial charge in [-0.15, -0.1) is 0 Å². The molecule has 0 saturated carbocycles. The van der Waals surface area contributed by atoms with Gasteiger partial charge in [-0.2, -0.15) is 0 Å². The molecule has 0 aliphatic rings. The minimum Gasteiger partial charge on any atom is -0.463 e. The molecule has 7 nitrogen and oxygen atoms in total. The summed E-state index contributed by atoms with van der Waals surface area (Å²) in [7, 11) is 2.46. The van der Waals surface area contributed by atoms with Crippen molar-refractivity contribution in [3.05, 3.63) is 35.9 Å². The highest BCUT2D eigenvalue weighted by Gasteiger charge is 2.66. The monoisotopic (exact) mass is 382 g/mol. The van der Waals surface area contributed by atoms with E-state index in [1.54, 1.807) is 37.3 Å². The van der Waals surface area contributed by atoms with Crippen molar-refractivity contribution in [2.75, 3.05) is 27.4 Å². The second kappa shape index (κ2) is 11.0. The zero-order valence-electron chi connectivity index (χ0n) is 16.5. The van der Waals surface area contributed by atoms with E-state index in [0.29, 0.717) is 6.42 Å². The van der Waals surface area contributed by atoms with Crippen LogP contribution in [0.3, 0.4) is 0 Å². The fourth-order valence-corrected chi connectivity index (χ4v) is 2.87. The maximum atomic E-state index is 12.8. The number of rotatable bonds is 12. The number of hydrogen-bond acceptors (Lipinski definition) is 7. The molecule has 1 aromatic carbocycles. The molecule has 0 heterocycles. The van der Waals surface area contributed by atoms with Gasteiger partial charge in [-0.3, -0.25) is 0 Å². The predicted molar refractivity (Wildman–Crippen MR) is 98.8 cm³/mol. The summed E-state index contributed by atoms with van der Waals surface area (Å²) in [4.78, 5) is 25.5. The average Bonchev–Trinajstić information content (AvgIpc) is 2.69. The zero-order valence-corrected chi connectivity index (χ0v) is 16.5. The fraction of sp³-hybridized carbons (Fsp3) is 0.600. The molecule has 7 heteroatoms. The van der Waals surface area contributed by atoms with Crippen LogP contribution in [0.4, 0.5) is 0 Å². The highest BCUT2D eigenvalue weighted by Crippen LogP contribution is 2.39. The molecular weight excluding hydrogens is 352 g/mol. The van der Waals surface area contributed by atoms with Crippen molar-refractivity contribution in [2.24, 2.45) is 0 Å². The van der Waals surface area contributed by atoms with Crippen LogP contribution >= 0.6 is 0 Å². The summed E-state index contributed by atoms with van der Waals surface area (Å²) in [6, 6.07) is 8.24. The molecule has 0 spiro atoms. The van der Waals surface area contributed by atoms with Crippen LogP contribution in [-0.2, 0) is 34.3 Å². The smallest absolute Gasteiger partial charge is 0.356 e. The van der Waals surface area contributed by atoms with Gasteiger partial charge in [-0.05, 0) is 13.3 Å². The van der Waals surface area contributed by atoms with E-state index in [-0.39, 0.29) is 18.8 Å². The molecule has 0 saturated heterocycles. The molecule has 1 rings (SSSR count). The second-order valence-electron chi connectivity index (χ2n) is 6.02. The van der Waals surface area contributed by atoms with E-state index in [4.69, 9.17) is 18.9 Å². The Morgan fingerprint density at radius 3 is 2.04 bits per heavy atom. The van der Waals surface area contributed by atoms with E-state index in [0.717, 1.165) is 19.3 Å². The lowest BCUT2D eigenvalue weighted by molar-refractivity contribution is -0.304. The van der Waals surface area contributed by atoms with Crippen molar-refractivity contribution in [1.29, 1.82) is 0 Å². The molecule has 0 radical (unpaired) electrons. The normalized spacial score (nSPS) is 13.7. The lowest BCUT2D eigenvalue weighted by Crippen LogP contribution is -2.65. The summed E-state index contributed by atoms with van der Waals surface area (Å²) >= 11 is 0. The molecule has 0 aliphatic heterocycles. The SMILES string of the molecule is CCCCCCOC(=O)C(O)(C(=O)OCC)C(OC)(OC)c1ccccc1. The Balaban J connectivity index is 3.26. The summed E-state index contributed by atoms with van der Waals surface area (Å²) in [6.45, 7) is 3.66. The van der Waals surface area contributed by atoms with Crippen LogP contribution in [0.25, 0.3) is 0 Å². The van der Waals surface area contributed by atoms with E-state index in [1.807, 2.05) is 0 Å². The number of hydrogen-bond donors (Lipinski definition) is 1. The second-order valence-corrected chi connectivity index (χ2v) is 6.02. The van der Waals surface area contributed by atoms with E-state index in [9.17, 15) is 14.7 Å². The van der Waals surface area contributed by atoms with Gasteiger partial charge in [-0.25, -0.2) is 9.59 Å². The third-order valence-corrected chi connectivity index (χ3v) is 4.30. The first-order valence-electron chi connectivity index (χ1n) is 9.17. The van der Waals surface area contributed by atoms with Crippen molar-refractivity contribution in [3.8, 4) is 0 Å². The van der Waals surface area contributed by atoms with Crippen LogP contribution in [-0.4, -0.2) is 50.1 Å². The number of esters is 2. The Hall–Kier alpha value is -1.96. The topological polar surface area (TPSA) is 91.3 Å². The summed E-state index contributed by atoms with van der Waals surface area (Å²) in [5.74, 6) is -4.50. The predicted octanol–water partition coefficient (Wildman–Crippen LogP) is 2.55.